The van der Waals surface area contributed by atoms with E-state index in [1.807, 2.05) is 0 Å². The number of carbonyl (C=O) groups is 1. The minimum absolute atomic E-state index is 0.277. The second-order valence-corrected chi connectivity index (χ2v) is 8.72. The molecule has 0 saturated carbocycles. The zero-order chi connectivity index (χ0) is 22.2. The molecule has 0 aromatic rings. The quantitative estimate of drug-likeness (QED) is 0.269. The molecule has 1 fully saturated rings. The predicted molar refractivity (Wildman–Crippen MR) is 100 cm³/mol. The number of hydrogen-bond donors (Lipinski definition) is 5. The van der Waals surface area contributed by atoms with E-state index in [0.29, 0.717) is 17.6 Å². The van der Waals surface area contributed by atoms with Gasteiger partial charge >= 0.3 is 5.97 Å². The Morgan fingerprint density at radius 2 is 1.83 bits per heavy atom. The molecule has 0 aromatic carbocycles. The first kappa shape index (κ1) is 23.1. The molecule has 1 aliphatic carbocycles. The summed E-state index contributed by atoms with van der Waals surface area (Å²) >= 11 is 0. The van der Waals surface area contributed by atoms with Crippen LogP contribution in [0.4, 0.5) is 0 Å². The largest absolute Gasteiger partial charge is 0.471 e. The molecule has 0 bridgehead atoms. The van der Waals surface area contributed by atoms with Crippen molar-refractivity contribution in [3.8, 4) is 0 Å². The van der Waals surface area contributed by atoms with Crippen molar-refractivity contribution < 1.29 is 49.3 Å². The summed E-state index contributed by atoms with van der Waals surface area (Å²) in [4.78, 5) is 12.6. The molecule has 2 heterocycles. The summed E-state index contributed by atoms with van der Waals surface area (Å²) in [5.41, 5.74) is 0.218. The van der Waals surface area contributed by atoms with Crippen LogP contribution in [0.2, 0.25) is 0 Å². The van der Waals surface area contributed by atoms with Gasteiger partial charge in [-0.15, -0.1) is 0 Å². The fourth-order valence-corrected chi connectivity index (χ4v) is 3.95. The average Bonchev–Trinajstić information content (AvgIpc) is 3.11. The summed E-state index contributed by atoms with van der Waals surface area (Å²) in [6, 6.07) is 0. The summed E-state index contributed by atoms with van der Waals surface area (Å²) in [5.74, 6) is -1.45. The summed E-state index contributed by atoms with van der Waals surface area (Å²) in [7, 11) is 0. The summed E-state index contributed by atoms with van der Waals surface area (Å²) in [5, 5.41) is 49.2. The SMILES string of the molecule is CC(C)(C)OC(=O)C1=CO[C@@H](O[C@@H]2O[C@H](CO)[C@@H](O)[C@H](O)[C@H]2O)[C@@H]2C(CO)=CC[C@H]12. The molecular weight excluding hydrogens is 400 g/mol. The predicted octanol–water partition coefficient (Wildman–Crippen LogP) is -1.06. The Kier molecular flexibility index (Phi) is 6.87. The molecule has 1 saturated heterocycles. The monoisotopic (exact) mass is 430 g/mol. The van der Waals surface area contributed by atoms with Crippen molar-refractivity contribution in [3.05, 3.63) is 23.5 Å². The molecule has 0 aromatic heterocycles. The maximum Gasteiger partial charge on any atom is 0.337 e. The van der Waals surface area contributed by atoms with Gasteiger partial charge in [0.1, 0.15) is 30.0 Å². The van der Waals surface area contributed by atoms with Crippen LogP contribution in [0.25, 0.3) is 0 Å². The molecule has 8 atom stereocenters. The minimum atomic E-state index is -1.59. The molecule has 10 nitrogen and oxygen atoms in total. The number of fused-ring (bicyclic) bond motifs is 1. The number of carbonyl (C=O) groups excluding carboxylic acids is 1. The van der Waals surface area contributed by atoms with Crippen LogP contribution < -0.4 is 0 Å². The number of aliphatic hydroxyl groups excluding tert-OH is 5. The van der Waals surface area contributed by atoms with Crippen molar-refractivity contribution in [3.63, 3.8) is 0 Å². The number of allylic oxidation sites excluding steroid dienone is 1. The molecule has 0 amide bonds. The maximum atomic E-state index is 12.6. The number of ether oxygens (including phenoxy) is 4. The topological polar surface area (TPSA) is 155 Å². The third kappa shape index (κ3) is 4.54. The second kappa shape index (κ2) is 8.91. The third-order valence-corrected chi connectivity index (χ3v) is 5.45. The zero-order valence-electron chi connectivity index (χ0n) is 17.2. The molecule has 10 heteroatoms. The molecule has 2 aliphatic heterocycles. The highest BCUT2D eigenvalue weighted by molar-refractivity contribution is 5.89. The number of aliphatic hydroxyl groups is 5. The first-order chi connectivity index (χ1) is 14.1. The van der Waals surface area contributed by atoms with Crippen LogP contribution in [0.3, 0.4) is 0 Å². The van der Waals surface area contributed by atoms with E-state index in [-0.39, 0.29) is 12.5 Å². The first-order valence-electron chi connectivity index (χ1n) is 9.92. The van der Waals surface area contributed by atoms with E-state index in [1.165, 1.54) is 6.26 Å². The molecule has 5 N–H and O–H groups in total. The zero-order valence-corrected chi connectivity index (χ0v) is 17.2. The highest BCUT2D eigenvalue weighted by atomic mass is 16.8. The Hall–Kier alpha value is -1.53. The fourth-order valence-electron chi connectivity index (χ4n) is 3.95. The molecule has 170 valence electrons. The van der Waals surface area contributed by atoms with E-state index in [0.717, 1.165) is 0 Å². The smallest absolute Gasteiger partial charge is 0.337 e. The molecule has 3 rings (SSSR count). The van der Waals surface area contributed by atoms with E-state index < -0.39 is 61.1 Å². The van der Waals surface area contributed by atoms with Gasteiger partial charge in [-0.2, -0.15) is 0 Å². The van der Waals surface area contributed by atoms with Crippen LogP contribution in [0.15, 0.2) is 23.5 Å². The molecule has 0 unspecified atom stereocenters. The number of esters is 1. The van der Waals surface area contributed by atoms with Crippen LogP contribution in [0.1, 0.15) is 27.2 Å². The van der Waals surface area contributed by atoms with E-state index in [4.69, 9.17) is 18.9 Å². The van der Waals surface area contributed by atoms with E-state index in [9.17, 15) is 30.3 Å². The maximum absolute atomic E-state index is 12.6. The molecular formula is C20H30O10. The van der Waals surface area contributed by atoms with E-state index in [1.54, 1.807) is 26.8 Å². The molecule has 0 radical (unpaired) electrons. The lowest BCUT2D eigenvalue weighted by Crippen LogP contribution is -2.60. The van der Waals surface area contributed by atoms with Crippen molar-refractivity contribution >= 4 is 5.97 Å². The lowest BCUT2D eigenvalue weighted by atomic mass is 9.83. The normalized spacial score (nSPS) is 38.9. The van der Waals surface area contributed by atoms with Crippen LogP contribution >= 0.6 is 0 Å². The first-order valence-corrected chi connectivity index (χ1v) is 9.92. The standard InChI is InChI=1S/C20H30O10/c1-20(2,3)30-17(26)11-8-27-18(13-9(6-21)4-5-10(11)13)29-19-16(25)15(24)14(23)12(7-22)28-19/h4,8,10,12-16,18-19,21-25H,5-7H2,1-3H3/t10-,12-,13-,14-,15+,16-,18+,19+/m1/s1. The Labute approximate surface area is 174 Å². The van der Waals surface area contributed by atoms with Crippen molar-refractivity contribution in [2.75, 3.05) is 13.2 Å². The Morgan fingerprint density at radius 3 is 2.43 bits per heavy atom. The lowest BCUT2D eigenvalue weighted by Gasteiger charge is -2.43. The molecule has 3 aliphatic rings. The van der Waals surface area contributed by atoms with Crippen molar-refractivity contribution in [2.24, 2.45) is 11.8 Å². The highest BCUT2D eigenvalue weighted by Crippen LogP contribution is 2.44. The number of rotatable bonds is 5. The van der Waals surface area contributed by atoms with Gasteiger partial charge in [-0.1, -0.05) is 6.08 Å². The number of hydrogen-bond acceptors (Lipinski definition) is 10. The van der Waals surface area contributed by atoms with Gasteiger partial charge in [0.05, 0.1) is 31.0 Å². The lowest BCUT2D eigenvalue weighted by molar-refractivity contribution is -0.339. The van der Waals surface area contributed by atoms with Crippen molar-refractivity contribution in [1.29, 1.82) is 0 Å². The van der Waals surface area contributed by atoms with Gasteiger partial charge in [-0.05, 0) is 32.8 Å². The van der Waals surface area contributed by atoms with Gasteiger partial charge in [0.15, 0.2) is 6.29 Å². The van der Waals surface area contributed by atoms with Gasteiger partial charge in [-0.3, -0.25) is 0 Å². The van der Waals surface area contributed by atoms with E-state index >= 15 is 0 Å². The second-order valence-electron chi connectivity index (χ2n) is 8.72. The van der Waals surface area contributed by atoms with Gasteiger partial charge in [0.25, 0.3) is 0 Å². The van der Waals surface area contributed by atoms with Crippen molar-refractivity contribution in [1.82, 2.24) is 0 Å². The van der Waals surface area contributed by atoms with Gasteiger partial charge in [-0.25, -0.2) is 4.79 Å². The van der Waals surface area contributed by atoms with Gasteiger partial charge < -0.3 is 44.5 Å². The van der Waals surface area contributed by atoms with Gasteiger partial charge in [0.2, 0.25) is 6.29 Å². The summed E-state index contributed by atoms with van der Waals surface area (Å²) < 4.78 is 22.2. The Bertz CT molecular complexity index is 694. The van der Waals surface area contributed by atoms with E-state index in [2.05, 4.69) is 0 Å². The Morgan fingerprint density at radius 1 is 1.13 bits per heavy atom. The van der Waals surface area contributed by atoms with Crippen LogP contribution in [-0.2, 0) is 23.7 Å². The summed E-state index contributed by atoms with van der Waals surface area (Å²) in [6.45, 7) is 4.39. The minimum Gasteiger partial charge on any atom is -0.471 e. The van der Waals surface area contributed by atoms with Crippen molar-refractivity contribution in [2.45, 2.75) is 69.8 Å². The molecule has 30 heavy (non-hydrogen) atoms. The van der Waals surface area contributed by atoms with Crippen LogP contribution in [0.5, 0.6) is 0 Å². The summed E-state index contributed by atoms with van der Waals surface area (Å²) in [6.07, 6.45) is -4.76. The molecule has 0 spiro atoms. The Balaban J connectivity index is 1.80. The highest BCUT2D eigenvalue weighted by Gasteiger charge is 2.50. The van der Waals surface area contributed by atoms with Crippen LogP contribution in [-0.4, -0.2) is 87.3 Å². The average molecular weight is 430 g/mol. The fraction of sp³-hybridized carbons (Fsp3) is 0.750. The van der Waals surface area contributed by atoms with Gasteiger partial charge in [0, 0.05) is 5.92 Å². The van der Waals surface area contributed by atoms with Crippen LogP contribution in [0, 0.1) is 11.8 Å². The third-order valence-electron chi connectivity index (χ3n) is 5.45.